The van der Waals surface area contributed by atoms with Gasteiger partial charge in [-0.25, -0.2) is 17.5 Å². The number of fused-ring (bicyclic) bond motifs is 1. The molecule has 1 aliphatic heterocycles. The van der Waals surface area contributed by atoms with Gasteiger partial charge >= 0.3 is 0 Å². The lowest BCUT2D eigenvalue weighted by atomic mass is 10.1. The molecule has 0 aliphatic carbocycles. The van der Waals surface area contributed by atoms with Crippen molar-refractivity contribution in [2.45, 2.75) is 13.5 Å². The van der Waals surface area contributed by atoms with Crippen molar-refractivity contribution in [3.05, 3.63) is 65.1 Å². The summed E-state index contributed by atoms with van der Waals surface area (Å²) in [5.41, 5.74) is 1.86. The molecule has 4 rings (SSSR count). The maximum Gasteiger partial charge on any atom is 0.256 e. The summed E-state index contributed by atoms with van der Waals surface area (Å²) < 4.78 is 42.0. The molecule has 0 atom stereocenters. The Hall–Kier alpha value is -2.62. The van der Waals surface area contributed by atoms with Crippen LogP contribution in [0.1, 0.15) is 17.3 Å². The summed E-state index contributed by atoms with van der Waals surface area (Å²) in [6, 6.07) is 12.0. The number of nitrogens with zero attached hydrogens (tertiary/aromatic N) is 3. The molecule has 1 aromatic heterocycles. The van der Waals surface area contributed by atoms with Crippen molar-refractivity contribution in [2.75, 3.05) is 43.4 Å². The minimum atomic E-state index is -3.30. The van der Waals surface area contributed by atoms with Gasteiger partial charge in [0, 0.05) is 55.9 Å². The Bertz CT molecular complexity index is 1270. The Morgan fingerprint density at radius 2 is 1.85 bits per heavy atom. The first kappa shape index (κ1) is 23.5. The fraction of sp³-hybridized carbons (Fsp3) is 0.348. The van der Waals surface area contributed by atoms with Crippen LogP contribution in [0.15, 0.2) is 48.7 Å². The number of sulfonamides is 1. The number of hydrogen-bond donors (Lipinski definition) is 1. The molecule has 0 saturated carbocycles. The van der Waals surface area contributed by atoms with Gasteiger partial charge in [-0.3, -0.25) is 4.79 Å². The van der Waals surface area contributed by atoms with Crippen LogP contribution in [0.4, 0.5) is 10.1 Å². The van der Waals surface area contributed by atoms with Crippen molar-refractivity contribution in [1.29, 1.82) is 0 Å². The van der Waals surface area contributed by atoms with Crippen molar-refractivity contribution < 1.29 is 17.6 Å². The summed E-state index contributed by atoms with van der Waals surface area (Å²) in [6.45, 7) is 4.18. The van der Waals surface area contributed by atoms with Crippen LogP contribution in [0.3, 0.4) is 0 Å². The molecule has 2 heterocycles. The van der Waals surface area contributed by atoms with E-state index >= 15 is 0 Å². The topological polar surface area (TPSA) is 74.6 Å². The van der Waals surface area contributed by atoms with Crippen molar-refractivity contribution in [3.63, 3.8) is 0 Å². The molecule has 1 aliphatic rings. The number of anilines is 1. The van der Waals surface area contributed by atoms with Crippen molar-refractivity contribution in [3.8, 4) is 0 Å². The normalized spacial score (nSPS) is 14.8. The predicted molar refractivity (Wildman–Crippen MR) is 129 cm³/mol. The van der Waals surface area contributed by atoms with Crippen LogP contribution in [0.25, 0.3) is 10.9 Å². The lowest BCUT2D eigenvalue weighted by Gasteiger charge is -2.36. The van der Waals surface area contributed by atoms with E-state index in [0.717, 1.165) is 10.9 Å². The fourth-order valence-electron chi connectivity index (χ4n) is 4.07. The fourth-order valence-corrected chi connectivity index (χ4v) is 4.85. The highest BCUT2D eigenvalue weighted by atomic mass is 35.5. The van der Waals surface area contributed by atoms with E-state index in [4.69, 9.17) is 11.6 Å². The molecule has 1 amide bonds. The van der Waals surface area contributed by atoms with Gasteiger partial charge in [0.05, 0.1) is 22.5 Å². The quantitative estimate of drug-likeness (QED) is 0.549. The highest BCUT2D eigenvalue weighted by molar-refractivity contribution is 7.89. The van der Waals surface area contributed by atoms with Gasteiger partial charge in [0.15, 0.2) is 0 Å². The minimum absolute atomic E-state index is 0.00779. The van der Waals surface area contributed by atoms with Crippen molar-refractivity contribution >= 4 is 44.1 Å². The lowest BCUT2D eigenvalue weighted by molar-refractivity contribution is 0.0748. The SMILES string of the molecule is CCS(=O)(=O)NCCn1cc(C(=O)N2CCN(c3ccccc3F)CC2)c2ccc(Cl)cc21. The Kier molecular flexibility index (Phi) is 6.92. The van der Waals surface area contributed by atoms with Crippen molar-refractivity contribution in [2.24, 2.45) is 0 Å². The molecule has 33 heavy (non-hydrogen) atoms. The van der Waals surface area contributed by atoms with E-state index in [1.165, 1.54) is 6.07 Å². The molecule has 3 aromatic rings. The molecule has 1 saturated heterocycles. The maximum atomic E-state index is 14.1. The number of nitrogens with one attached hydrogen (secondary N) is 1. The largest absolute Gasteiger partial charge is 0.366 e. The summed E-state index contributed by atoms with van der Waals surface area (Å²) in [4.78, 5) is 17.1. The second-order valence-electron chi connectivity index (χ2n) is 7.93. The Labute approximate surface area is 197 Å². The van der Waals surface area contributed by atoms with E-state index in [-0.39, 0.29) is 24.0 Å². The standard InChI is InChI=1S/C23H26ClFN4O3S/c1-2-33(31,32)26-9-10-29-16-19(18-8-7-17(24)15-22(18)29)23(30)28-13-11-27(12-14-28)21-6-4-3-5-20(21)25/h3-8,15-16,26H,2,9-14H2,1H3. The van der Waals surface area contributed by atoms with Gasteiger partial charge in [-0.05, 0) is 31.2 Å². The van der Waals surface area contributed by atoms with Crippen LogP contribution in [0.2, 0.25) is 5.02 Å². The zero-order chi connectivity index (χ0) is 23.6. The summed E-state index contributed by atoms with van der Waals surface area (Å²) in [5, 5.41) is 1.30. The van der Waals surface area contributed by atoms with E-state index in [9.17, 15) is 17.6 Å². The van der Waals surface area contributed by atoms with Crippen LogP contribution < -0.4 is 9.62 Å². The van der Waals surface area contributed by atoms with Crippen LogP contribution in [-0.4, -0.2) is 62.3 Å². The summed E-state index contributed by atoms with van der Waals surface area (Å²) >= 11 is 6.19. The first-order valence-electron chi connectivity index (χ1n) is 10.8. The molecule has 0 spiro atoms. The van der Waals surface area contributed by atoms with Crippen molar-refractivity contribution in [1.82, 2.24) is 14.2 Å². The van der Waals surface area contributed by atoms with Crippen LogP contribution in [0, 0.1) is 5.82 Å². The third-order valence-electron chi connectivity index (χ3n) is 5.89. The average Bonchev–Trinajstić information content (AvgIpc) is 3.16. The molecular weight excluding hydrogens is 467 g/mol. The highest BCUT2D eigenvalue weighted by Gasteiger charge is 2.26. The molecule has 1 fully saturated rings. The summed E-state index contributed by atoms with van der Waals surface area (Å²) in [6.07, 6.45) is 1.76. The third-order valence-corrected chi connectivity index (χ3v) is 7.53. The Morgan fingerprint density at radius 3 is 2.55 bits per heavy atom. The number of hydrogen-bond acceptors (Lipinski definition) is 4. The second-order valence-corrected chi connectivity index (χ2v) is 10.5. The molecule has 2 aromatic carbocycles. The number of carbonyl (C=O) groups excluding carboxylic acids is 1. The van der Waals surface area contributed by atoms with E-state index < -0.39 is 10.0 Å². The van der Waals surface area contributed by atoms with Gasteiger partial charge in [0.2, 0.25) is 10.0 Å². The number of carbonyl (C=O) groups is 1. The van der Waals surface area contributed by atoms with Gasteiger partial charge in [0.25, 0.3) is 5.91 Å². The zero-order valence-electron chi connectivity index (χ0n) is 18.3. The summed E-state index contributed by atoms with van der Waals surface area (Å²) in [5.74, 6) is -0.368. The zero-order valence-corrected chi connectivity index (χ0v) is 19.9. The number of para-hydroxylation sites is 1. The Morgan fingerprint density at radius 1 is 1.12 bits per heavy atom. The first-order chi connectivity index (χ1) is 15.8. The molecule has 1 N–H and O–H groups in total. The van der Waals surface area contributed by atoms with E-state index in [1.54, 1.807) is 48.4 Å². The molecular formula is C23H26ClFN4O3S. The van der Waals surface area contributed by atoms with E-state index in [2.05, 4.69) is 4.72 Å². The first-order valence-corrected chi connectivity index (χ1v) is 12.9. The number of halogens is 2. The predicted octanol–water partition coefficient (Wildman–Crippen LogP) is 3.34. The van der Waals surface area contributed by atoms with Gasteiger partial charge in [0.1, 0.15) is 5.82 Å². The Balaban J connectivity index is 1.52. The van der Waals surface area contributed by atoms with Crippen LogP contribution in [-0.2, 0) is 16.6 Å². The summed E-state index contributed by atoms with van der Waals surface area (Å²) in [7, 11) is -3.30. The smallest absolute Gasteiger partial charge is 0.256 e. The molecule has 0 radical (unpaired) electrons. The molecule has 0 bridgehead atoms. The number of benzene rings is 2. The number of rotatable bonds is 7. The molecule has 7 nitrogen and oxygen atoms in total. The third kappa shape index (κ3) is 5.15. The number of amides is 1. The van der Waals surface area contributed by atoms with Crippen LogP contribution in [0.5, 0.6) is 0 Å². The molecule has 10 heteroatoms. The van der Waals surface area contributed by atoms with Gasteiger partial charge < -0.3 is 14.4 Å². The lowest BCUT2D eigenvalue weighted by Crippen LogP contribution is -2.49. The maximum absolute atomic E-state index is 14.1. The van der Waals surface area contributed by atoms with Gasteiger partial charge in [-0.2, -0.15) is 0 Å². The average molecular weight is 493 g/mol. The molecule has 0 unspecified atom stereocenters. The van der Waals surface area contributed by atoms with Crippen LogP contribution >= 0.6 is 11.6 Å². The minimum Gasteiger partial charge on any atom is -0.366 e. The number of aromatic nitrogens is 1. The number of piperazine rings is 1. The van der Waals surface area contributed by atoms with Gasteiger partial charge in [-0.1, -0.05) is 29.8 Å². The van der Waals surface area contributed by atoms with Gasteiger partial charge in [-0.15, -0.1) is 0 Å². The molecule has 176 valence electrons. The monoisotopic (exact) mass is 492 g/mol. The van der Waals surface area contributed by atoms with E-state index in [0.29, 0.717) is 49.0 Å². The highest BCUT2D eigenvalue weighted by Crippen LogP contribution is 2.27. The second kappa shape index (κ2) is 9.70. The van der Waals surface area contributed by atoms with E-state index in [1.807, 2.05) is 15.5 Å².